The van der Waals surface area contributed by atoms with Crippen LogP contribution in [0.1, 0.15) is 16.7 Å². The van der Waals surface area contributed by atoms with Crippen LogP contribution in [0.15, 0.2) is 66.2 Å². The number of rotatable bonds is 1. The Morgan fingerprint density at radius 2 is 2.12 bits per heavy atom. The first-order chi connectivity index (χ1) is 12.5. The summed E-state index contributed by atoms with van der Waals surface area (Å²) < 4.78 is 7.14. The van der Waals surface area contributed by atoms with Gasteiger partial charge in [-0.15, -0.1) is 0 Å². The van der Waals surface area contributed by atoms with Crippen LogP contribution in [0.3, 0.4) is 0 Å². The Labute approximate surface area is 149 Å². The molecule has 128 valence electrons. The molecule has 2 aromatic heterocycles. The summed E-state index contributed by atoms with van der Waals surface area (Å²) in [6, 6.07) is 11.8. The highest BCUT2D eigenvalue weighted by Gasteiger charge is 2.40. The zero-order chi connectivity index (χ0) is 18.1. The maximum atomic E-state index is 13.1. The van der Waals surface area contributed by atoms with Crippen molar-refractivity contribution < 1.29 is 9.84 Å². The minimum Gasteiger partial charge on any atom is -0.490 e. The molecule has 1 N–H and O–H groups in total. The topological polar surface area (TPSA) is 64.3 Å². The number of aromatic nitrogens is 2. The third kappa shape index (κ3) is 1.78. The number of pyridine rings is 2. The number of nitrogens with zero attached hydrogens (tertiary/aromatic N) is 2. The van der Waals surface area contributed by atoms with Crippen molar-refractivity contribution in [2.75, 3.05) is 0 Å². The van der Waals surface area contributed by atoms with E-state index >= 15 is 0 Å². The Kier molecular flexibility index (Phi) is 2.86. The minimum absolute atomic E-state index is 0.0924. The van der Waals surface area contributed by atoms with Gasteiger partial charge in [-0.3, -0.25) is 4.79 Å². The average Bonchev–Trinajstić information content (AvgIpc) is 3.01. The number of aliphatic hydroxyl groups is 1. The summed E-state index contributed by atoms with van der Waals surface area (Å²) in [5.41, 5.74) is 2.48. The fraction of sp³-hybridized carbons (Fsp3) is 0.143. The van der Waals surface area contributed by atoms with Crippen molar-refractivity contribution in [3.63, 3.8) is 0 Å². The van der Waals surface area contributed by atoms with E-state index in [1.165, 1.54) is 6.08 Å². The second-order valence-corrected chi connectivity index (χ2v) is 6.68. The molecule has 0 bridgehead atoms. The molecule has 0 saturated carbocycles. The van der Waals surface area contributed by atoms with Gasteiger partial charge in [0.1, 0.15) is 12.4 Å². The predicted molar refractivity (Wildman–Crippen MR) is 98.6 cm³/mol. The molecule has 0 unspecified atom stereocenters. The molecule has 0 fully saturated rings. The van der Waals surface area contributed by atoms with Gasteiger partial charge in [0, 0.05) is 16.5 Å². The van der Waals surface area contributed by atoms with Crippen LogP contribution in [0.5, 0.6) is 0 Å². The first-order valence-corrected chi connectivity index (χ1v) is 8.37. The third-order valence-electron chi connectivity index (χ3n) is 5.30. The highest BCUT2D eigenvalue weighted by atomic mass is 16.5. The van der Waals surface area contributed by atoms with Crippen molar-refractivity contribution >= 4 is 10.9 Å². The lowest BCUT2D eigenvalue weighted by atomic mass is 9.86. The van der Waals surface area contributed by atoms with Crippen LogP contribution in [0, 0.1) is 0 Å². The number of para-hydroxylation sites is 1. The van der Waals surface area contributed by atoms with Gasteiger partial charge in [-0.2, -0.15) is 0 Å². The van der Waals surface area contributed by atoms with E-state index in [4.69, 9.17) is 9.72 Å². The summed E-state index contributed by atoms with van der Waals surface area (Å²) in [5.74, 6) is 0.175. The number of hydrogen-bond donors (Lipinski definition) is 1. The number of fused-ring (bicyclic) bond motifs is 5. The van der Waals surface area contributed by atoms with Crippen LogP contribution >= 0.6 is 0 Å². The van der Waals surface area contributed by atoms with Gasteiger partial charge in [0.15, 0.2) is 5.60 Å². The highest BCUT2D eigenvalue weighted by Crippen LogP contribution is 2.40. The lowest BCUT2D eigenvalue weighted by Crippen LogP contribution is -2.37. The van der Waals surface area contributed by atoms with Gasteiger partial charge < -0.3 is 14.4 Å². The van der Waals surface area contributed by atoms with E-state index in [1.54, 1.807) is 4.57 Å². The Bertz CT molecular complexity index is 1190. The predicted octanol–water partition coefficient (Wildman–Crippen LogP) is 2.84. The number of benzene rings is 1. The monoisotopic (exact) mass is 344 g/mol. The van der Waals surface area contributed by atoms with Crippen molar-refractivity contribution in [2.24, 2.45) is 0 Å². The summed E-state index contributed by atoms with van der Waals surface area (Å²) >= 11 is 0. The first-order valence-electron chi connectivity index (χ1n) is 8.37. The molecule has 0 amide bonds. The van der Waals surface area contributed by atoms with Crippen LogP contribution in [0.4, 0.5) is 0 Å². The molecule has 0 saturated heterocycles. The number of hydrogen-bond acceptors (Lipinski definition) is 4. The standard InChI is InChI=1S/C21H16N2O3/c1-3-21(25)12(2)26-11-15-16(21)9-18-19-14(10-23(18)20(15)24)8-13-6-4-5-7-17(13)22-19/h3-9,25H,1-2,10-11H2/t21-/m1/s1. The Balaban J connectivity index is 1.83. The molecule has 4 heterocycles. The van der Waals surface area contributed by atoms with E-state index in [-0.39, 0.29) is 17.9 Å². The third-order valence-corrected chi connectivity index (χ3v) is 5.30. The lowest BCUT2D eigenvalue weighted by Gasteiger charge is -2.33. The van der Waals surface area contributed by atoms with Crippen LogP contribution in [-0.2, 0) is 23.5 Å². The number of ether oxygens (including phenoxy) is 1. The van der Waals surface area contributed by atoms with Crippen molar-refractivity contribution in [1.29, 1.82) is 0 Å². The minimum atomic E-state index is -1.58. The van der Waals surface area contributed by atoms with Gasteiger partial charge in [-0.1, -0.05) is 31.4 Å². The second kappa shape index (κ2) is 4.93. The van der Waals surface area contributed by atoms with Gasteiger partial charge in [-0.05, 0) is 24.3 Å². The summed E-state index contributed by atoms with van der Waals surface area (Å²) in [4.78, 5) is 17.8. The molecule has 1 aromatic carbocycles. The van der Waals surface area contributed by atoms with Crippen molar-refractivity contribution in [3.8, 4) is 11.4 Å². The van der Waals surface area contributed by atoms with E-state index in [1.807, 2.05) is 30.3 Å². The molecule has 1 atom stereocenters. The van der Waals surface area contributed by atoms with Gasteiger partial charge in [-0.25, -0.2) is 4.98 Å². The van der Waals surface area contributed by atoms with E-state index in [0.717, 1.165) is 22.2 Å². The fourth-order valence-electron chi connectivity index (χ4n) is 3.84. The van der Waals surface area contributed by atoms with Gasteiger partial charge in [0.25, 0.3) is 5.56 Å². The molecule has 5 heteroatoms. The van der Waals surface area contributed by atoms with Gasteiger partial charge in [0.2, 0.25) is 0 Å². The quantitative estimate of drug-likeness (QED) is 0.539. The molecule has 2 aliphatic rings. The summed E-state index contributed by atoms with van der Waals surface area (Å²) in [6.45, 7) is 8.03. The fourth-order valence-corrected chi connectivity index (χ4v) is 3.84. The first kappa shape index (κ1) is 15.1. The van der Waals surface area contributed by atoms with Crippen LogP contribution in [0.2, 0.25) is 0 Å². The maximum absolute atomic E-state index is 13.1. The molecule has 5 rings (SSSR count). The van der Waals surface area contributed by atoms with Gasteiger partial charge in [0.05, 0.1) is 29.0 Å². The van der Waals surface area contributed by atoms with E-state index in [2.05, 4.69) is 19.2 Å². The normalized spacial score (nSPS) is 20.3. The summed E-state index contributed by atoms with van der Waals surface area (Å²) in [5, 5.41) is 12.0. The summed E-state index contributed by atoms with van der Waals surface area (Å²) in [7, 11) is 0. The Morgan fingerprint density at radius 1 is 1.31 bits per heavy atom. The molecular formula is C21H16N2O3. The van der Waals surface area contributed by atoms with E-state index < -0.39 is 5.60 Å². The molecule has 0 spiro atoms. The molecule has 3 aromatic rings. The highest BCUT2D eigenvalue weighted by molar-refractivity contribution is 5.84. The van der Waals surface area contributed by atoms with E-state index in [0.29, 0.717) is 23.4 Å². The van der Waals surface area contributed by atoms with Gasteiger partial charge >= 0.3 is 0 Å². The molecule has 2 aliphatic heterocycles. The smallest absolute Gasteiger partial charge is 0.258 e. The zero-order valence-corrected chi connectivity index (χ0v) is 14.0. The summed E-state index contributed by atoms with van der Waals surface area (Å²) in [6.07, 6.45) is 1.35. The van der Waals surface area contributed by atoms with Crippen LogP contribution in [0.25, 0.3) is 22.3 Å². The molecule has 26 heavy (non-hydrogen) atoms. The van der Waals surface area contributed by atoms with Crippen LogP contribution in [-0.4, -0.2) is 14.7 Å². The van der Waals surface area contributed by atoms with Crippen molar-refractivity contribution in [3.05, 3.63) is 88.4 Å². The maximum Gasteiger partial charge on any atom is 0.258 e. The van der Waals surface area contributed by atoms with Crippen molar-refractivity contribution in [2.45, 2.75) is 18.8 Å². The second-order valence-electron chi connectivity index (χ2n) is 6.68. The Hall–Kier alpha value is -3.18. The Morgan fingerprint density at radius 3 is 2.92 bits per heavy atom. The molecule has 0 radical (unpaired) electrons. The SMILES string of the molecule is C=C[C@@]1(O)C(=C)OCc2c1cc1n(c2=O)Cc2cc3ccccc3nc2-1. The van der Waals surface area contributed by atoms with E-state index in [9.17, 15) is 9.90 Å². The van der Waals surface area contributed by atoms with Crippen LogP contribution < -0.4 is 5.56 Å². The molecule has 0 aliphatic carbocycles. The van der Waals surface area contributed by atoms with Crippen molar-refractivity contribution in [1.82, 2.24) is 9.55 Å². The lowest BCUT2D eigenvalue weighted by molar-refractivity contribution is 0.0215. The molecular weight excluding hydrogens is 328 g/mol. The molecule has 5 nitrogen and oxygen atoms in total. The zero-order valence-electron chi connectivity index (χ0n) is 14.0. The average molecular weight is 344 g/mol. The largest absolute Gasteiger partial charge is 0.490 e.